The average molecular weight is 385 g/mol. The highest BCUT2D eigenvalue weighted by Gasteiger charge is 2.28. The zero-order valence-electron chi connectivity index (χ0n) is 16.1. The molecule has 1 amide bonds. The topological polar surface area (TPSA) is 47.6 Å². The zero-order valence-corrected chi connectivity index (χ0v) is 16.1. The van der Waals surface area contributed by atoms with Gasteiger partial charge in [0.2, 0.25) is 0 Å². The van der Waals surface area contributed by atoms with E-state index >= 15 is 0 Å². The molecule has 0 radical (unpaired) electrons. The van der Waals surface area contributed by atoms with Crippen LogP contribution in [0, 0.1) is 0 Å². The first-order valence-electron chi connectivity index (χ1n) is 9.67. The van der Waals surface area contributed by atoms with Crippen LogP contribution in [0.5, 0.6) is 5.75 Å². The Morgan fingerprint density at radius 3 is 2.17 bits per heavy atom. The van der Waals surface area contributed by atoms with Crippen LogP contribution >= 0.6 is 0 Å². The standard InChI is InChI=1S/C25H23NO3/c1-2-15-28-19-13-11-18(12-14-19)16-26-25(27)29-17-24-22-9-5-3-7-20(22)21-8-4-6-10-23(21)24/h2-14,24H,1,15-17H2,(H,26,27). The summed E-state index contributed by atoms with van der Waals surface area (Å²) >= 11 is 0. The Hall–Kier alpha value is -3.53. The molecule has 146 valence electrons. The zero-order chi connectivity index (χ0) is 20.1. The number of carbonyl (C=O) groups is 1. The average Bonchev–Trinajstić information content (AvgIpc) is 3.09. The van der Waals surface area contributed by atoms with Crippen LogP contribution in [0.4, 0.5) is 4.79 Å². The van der Waals surface area contributed by atoms with Crippen molar-refractivity contribution in [3.8, 4) is 16.9 Å². The van der Waals surface area contributed by atoms with Crippen LogP contribution < -0.4 is 10.1 Å². The van der Waals surface area contributed by atoms with Crippen LogP contribution in [-0.2, 0) is 11.3 Å². The molecule has 0 saturated carbocycles. The van der Waals surface area contributed by atoms with Gasteiger partial charge in [0.15, 0.2) is 0 Å². The Balaban J connectivity index is 1.34. The van der Waals surface area contributed by atoms with E-state index in [0.29, 0.717) is 19.8 Å². The molecule has 0 fully saturated rings. The molecular formula is C25H23NO3. The minimum Gasteiger partial charge on any atom is -0.490 e. The van der Waals surface area contributed by atoms with Gasteiger partial charge in [-0.3, -0.25) is 0 Å². The van der Waals surface area contributed by atoms with E-state index in [0.717, 1.165) is 11.3 Å². The largest absolute Gasteiger partial charge is 0.490 e. The number of nitrogens with one attached hydrogen (secondary N) is 1. The minimum absolute atomic E-state index is 0.0643. The SMILES string of the molecule is C=CCOc1ccc(CNC(=O)OCC2c3ccccc3-c3ccccc32)cc1. The predicted octanol–water partition coefficient (Wildman–Crippen LogP) is 5.29. The van der Waals surface area contributed by atoms with E-state index in [1.807, 2.05) is 48.5 Å². The number of amides is 1. The highest BCUT2D eigenvalue weighted by molar-refractivity contribution is 5.79. The lowest BCUT2D eigenvalue weighted by atomic mass is 9.98. The molecule has 29 heavy (non-hydrogen) atoms. The molecule has 4 heteroatoms. The third-order valence-corrected chi connectivity index (χ3v) is 5.07. The maximum absolute atomic E-state index is 12.2. The Morgan fingerprint density at radius 1 is 0.931 bits per heavy atom. The summed E-state index contributed by atoms with van der Waals surface area (Å²) in [5, 5.41) is 2.82. The van der Waals surface area contributed by atoms with Crippen LogP contribution in [0.3, 0.4) is 0 Å². The van der Waals surface area contributed by atoms with Crippen molar-refractivity contribution in [2.45, 2.75) is 12.5 Å². The molecule has 4 rings (SSSR count). The van der Waals surface area contributed by atoms with Gasteiger partial charge in [0.1, 0.15) is 19.0 Å². The fourth-order valence-electron chi connectivity index (χ4n) is 3.68. The number of fused-ring (bicyclic) bond motifs is 3. The fourth-order valence-corrected chi connectivity index (χ4v) is 3.68. The molecule has 0 aliphatic heterocycles. The second-order valence-corrected chi connectivity index (χ2v) is 6.92. The molecule has 1 aliphatic rings. The third-order valence-electron chi connectivity index (χ3n) is 5.07. The van der Waals surface area contributed by atoms with Gasteiger partial charge >= 0.3 is 6.09 Å². The first-order chi connectivity index (χ1) is 14.3. The summed E-state index contributed by atoms with van der Waals surface area (Å²) in [5.74, 6) is 0.837. The molecule has 4 nitrogen and oxygen atoms in total. The fraction of sp³-hybridized carbons (Fsp3) is 0.160. The molecule has 0 heterocycles. The van der Waals surface area contributed by atoms with Gasteiger partial charge in [-0.2, -0.15) is 0 Å². The van der Waals surface area contributed by atoms with E-state index in [9.17, 15) is 4.79 Å². The van der Waals surface area contributed by atoms with E-state index in [2.05, 4.69) is 36.2 Å². The maximum Gasteiger partial charge on any atom is 0.407 e. The number of alkyl carbamates (subject to hydrolysis) is 1. The Labute approximate surface area is 170 Å². The van der Waals surface area contributed by atoms with Crippen molar-refractivity contribution in [3.63, 3.8) is 0 Å². The normalized spacial score (nSPS) is 12.0. The predicted molar refractivity (Wildman–Crippen MR) is 114 cm³/mol. The Morgan fingerprint density at radius 2 is 1.55 bits per heavy atom. The monoisotopic (exact) mass is 385 g/mol. The molecule has 0 atom stereocenters. The molecule has 1 N–H and O–H groups in total. The quantitative estimate of drug-likeness (QED) is 0.562. The summed E-state index contributed by atoms with van der Waals surface area (Å²) in [7, 11) is 0. The van der Waals surface area contributed by atoms with Crippen molar-refractivity contribution in [1.29, 1.82) is 0 Å². The number of benzene rings is 3. The molecule has 0 saturated heterocycles. The van der Waals surface area contributed by atoms with Gasteiger partial charge in [-0.1, -0.05) is 73.3 Å². The van der Waals surface area contributed by atoms with Crippen LogP contribution in [0.2, 0.25) is 0 Å². The third kappa shape index (κ3) is 4.16. The van der Waals surface area contributed by atoms with Gasteiger partial charge in [-0.05, 0) is 39.9 Å². The van der Waals surface area contributed by atoms with E-state index in [1.54, 1.807) is 6.08 Å². The lowest BCUT2D eigenvalue weighted by Gasteiger charge is -2.14. The highest BCUT2D eigenvalue weighted by atomic mass is 16.5. The highest BCUT2D eigenvalue weighted by Crippen LogP contribution is 2.44. The number of rotatable bonds is 7. The van der Waals surface area contributed by atoms with Gasteiger partial charge < -0.3 is 14.8 Å². The first kappa shape index (κ1) is 18.8. The number of carbonyl (C=O) groups excluding carboxylic acids is 1. The van der Waals surface area contributed by atoms with Gasteiger partial charge in [0.05, 0.1) is 0 Å². The van der Waals surface area contributed by atoms with Crippen molar-refractivity contribution in [2.24, 2.45) is 0 Å². The van der Waals surface area contributed by atoms with Crippen molar-refractivity contribution >= 4 is 6.09 Å². The molecule has 0 aromatic heterocycles. The maximum atomic E-state index is 12.2. The number of hydrogen-bond acceptors (Lipinski definition) is 3. The lowest BCUT2D eigenvalue weighted by molar-refractivity contribution is 0.142. The molecule has 3 aromatic carbocycles. The Kier molecular flexibility index (Phi) is 5.61. The summed E-state index contributed by atoms with van der Waals surface area (Å²) in [6, 6.07) is 24.2. The van der Waals surface area contributed by atoms with Crippen LogP contribution in [0.1, 0.15) is 22.6 Å². The summed E-state index contributed by atoms with van der Waals surface area (Å²) < 4.78 is 11.0. The van der Waals surface area contributed by atoms with Crippen molar-refractivity contribution in [1.82, 2.24) is 5.32 Å². The molecule has 3 aromatic rings. The van der Waals surface area contributed by atoms with Crippen molar-refractivity contribution in [3.05, 3.63) is 102 Å². The summed E-state index contributed by atoms with van der Waals surface area (Å²) in [6.45, 7) is 4.81. The van der Waals surface area contributed by atoms with Crippen LogP contribution in [0.15, 0.2) is 85.5 Å². The van der Waals surface area contributed by atoms with Crippen molar-refractivity contribution < 1.29 is 14.3 Å². The number of ether oxygens (including phenoxy) is 2. The Bertz CT molecular complexity index is 965. The lowest BCUT2D eigenvalue weighted by Crippen LogP contribution is -2.25. The molecule has 0 bridgehead atoms. The summed E-state index contributed by atoms with van der Waals surface area (Å²) in [6.07, 6.45) is 1.28. The van der Waals surface area contributed by atoms with Crippen LogP contribution in [-0.4, -0.2) is 19.3 Å². The van der Waals surface area contributed by atoms with Gasteiger partial charge in [-0.25, -0.2) is 4.79 Å². The van der Waals surface area contributed by atoms with Gasteiger partial charge in [-0.15, -0.1) is 0 Å². The van der Waals surface area contributed by atoms with E-state index in [4.69, 9.17) is 9.47 Å². The molecular weight excluding hydrogens is 362 g/mol. The molecule has 1 aliphatic carbocycles. The smallest absolute Gasteiger partial charge is 0.407 e. The number of hydrogen-bond donors (Lipinski definition) is 1. The van der Waals surface area contributed by atoms with E-state index in [1.165, 1.54) is 22.3 Å². The molecule has 0 spiro atoms. The second-order valence-electron chi connectivity index (χ2n) is 6.92. The van der Waals surface area contributed by atoms with Gasteiger partial charge in [0, 0.05) is 12.5 Å². The van der Waals surface area contributed by atoms with E-state index < -0.39 is 6.09 Å². The summed E-state index contributed by atoms with van der Waals surface area (Å²) in [5.41, 5.74) is 5.82. The first-order valence-corrected chi connectivity index (χ1v) is 9.67. The van der Waals surface area contributed by atoms with Crippen LogP contribution in [0.25, 0.3) is 11.1 Å². The molecule has 0 unspecified atom stereocenters. The van der Waals surface area contributed by atoms with Crippen molar-refractivity contribution in [2.75, 3.05) is 13.2 Å². The van der Waals surface area contributed by atoms with Gasteiger partial charge in [0.25, 0.3) is 0 Å². The minimum atomic E-state index is -0.418. The second kappa shape index (κ2) is 8.65. The summed E-state index contributed by atoms with van der Waals surface area (Å²) in [4.78, 5) is 12.2. The van der Waals surface area contributed by atoms with E-state index in [-0.39, 0.29) is 5.92 Å².